The fraction of sp³-hybridized carbons (Fsp3) is 0.333. The third-order valence-electron chi connectivity index (χ3n) is 1.97. The Labute approximate surface area is 79.7 Å². The molecule has 13 heavy (non-hydrogen) atoms. The highest BCUT2D eigenvalue weighted by molar-refractivity contribution is 7.15. The van der Waals surface area contributed by atoms with E-state index in [0.29, 0.717) is 0 Å². The number of aromatic nitrogens is 2. The first-order valence-electron chi connectivity index (χ1n) is 4.19. The first kappa shape index (κ1) is 8.44. The van der Waals surface area contributed by atoms with Crippen molar-refractivity contribution < 1.29 is 0 Å². The molecule has 0 aromatic carbocycles. The fourth-order valence-corrected chi connectivity index (χ4v) is 2.35. The highest BCUT2D eigenvalue weighted by Gasteiger charge is 2.04. The van der Waals surface area contributed by atoms with Gasteiger partial charge in [-0.3, -0.25) is 9.20 Å². The molecule has 2 heterocycles. The SMILES string of the molecule is CCc1csc2nc(C)cc(=O)n12. The molecule has 4 heteroatoms. The van der Waals surface area contributed by atoms with E-state index in [4.69, 9.17) is 0 Å². The minimum Gasteiger partial charge on any atom is -0.269 e. The lowest BCUT2D eigenvalue weighted by atomic mass is 10.4. The maximum atomic E-state index is 11.6. The van der Waals surface area contributed by atoms with Gasteiger partial charge in [0.1, 0.15) is 0 Å². The summed E-state index contributed by atoms with van der Waals surface area (Å²) in [5, 5.41) is 1.99. The van der Waals surface area contributed by atoms with E-state index >= 15 is 0 Å². The average molecular weight is 194 g/mol. The predicted octanol–water partition coefficient (Wildman–Crippen LogP) is 1.63. The lowest BCUT2D eigenvalue weighted by Gasteiger charge is -1.96. The summed E-state index contributed by atoms with van der Waals surface area (Å²) in [4.78, 5) is 16.6. The van der Waals surface area contributed by atoms with Crippen molar-refractivity contribution in [3.63, 3.8) is 0 Å². The first-order valence-corrected chi connectivity index (χ1v) is 5.07. The smallest absolute Gasteiger partial charge is 0.258 e. The third kappa shape index (κ3) is 1.27. The van der Waals surface area contributed by atoms with Crippen molar-refractivity contribution in [1.29, 1.82) is 0 Å². The highest BCUT2D eigenvalue weighted by Crippen LogP contribution is 2.12. The van der Waals surface area contributed by atoms with Crippen LogP contribution < -0.4 is 5.56 Å². The van der Waals surface area contributed by atoms with Gasteiger partial charge in [0.15, 0.2) is 4.96 Å². The van der Waals surface area contributed by atoms with Gasteiger partial charge in [-0.1, -0.05) is 6.92 Å². The lowest BCUT2D eigenvalue weighted by molar-refractivity contribution is 0.939. The zero-order valence-electron chi connectivity index (χ0n) is 7.57. The minimum atomic E-state index is 0.0283. The van der Waals surface area contributed by atoms with Gasteiger partial charge in [-0.15, -0.1) is 11.3 Å². The number of aryl methyl sites for hydroxylation is 2. The molecule has 68 valence electrons. The topological polar surface area (TPSA) is 34.4 Å². The molecule has 0 aliphatic rings. The molecule has 0 fully saturated rings. The van der Waals surface area contributed by atoms with E-state index in [1.54, 1.807) is 10.5 Å². The van der Waals surface area contributed by atoms with E-state index in [-0.39, 0.29) is 5.56 Å². The van der Waals surface area contributed by atoms with Crippen molar-refractivity contribution in [2.45, 2.75) is 20.3 Å². The maximum Gasteiger partial charge on any atom is 0.258 e. The Balaban J connectivity index is 2.90. The summed E-state index contributed by atoms with van der Waals surface area (Å²) in [6.45, 7) is 3.88. The van der Waals surface area contributed by atoms with E-state index < -0.39 is 0 Å². The summed E-state index contributed by atoms with van der Waals surface area (Å²) in [6, 6.07) is 1.57. The van der Waals surface area contributed by atoms with Crippen molar-refractivity contribution in [3.8, 4) is 0 Å². The van der Waals surface area contributed by atoms with Crippen molar-refractivity contribution in [1.82, 2.24) is 9.38 Å². The van der Waals surface area contributed by atoms with Crippen molar-refractivity contribution in [2.75, 3.05) is 0 Å². The molecule has 0 aliphatic heterocycles. The second-order valence-electron chi connectivity index (χ2n) is 2.93. The summed E-state index contributed by atoms with van der Waals surface area (Å²) in [5.41, 5.74) is 1.85. The zero-order valence-corrected chi connectivity index (χ0v) is 8.39. The van der Waals surface area contributed by atoms with Crippen LogP contribution in [-0.2, 0) is 6.42 Å². The molecule has 0 saturated carbocycles. The third-order valence-corrected chi connectivity index (χ3v) is 2.84. The van der Waals surface area contributed by atoms with Crippen LogP contribution >= 0.6 is 11.3 Å². The van der Waals surface area contributed by atoms with Gasteiger partial charge in [-0.25, -0.2) is 4.98 Å². The molecule has 0 saturated heterocycles. The van der Waals surface area contributed by atoms with Crippen LogP contribution in [0.5, 0.6) is 0 Å². The maximum absolute atomic E-state index is 11.6. The predicted molar refractivity (Wildman–Crippen MR) is 53.5 cm³/mol. The Bertz CT molecular complexity index is 498. The number of thiazole rings is 1. The zero-order chi connectivity index (χ0) is 9.42. The van der Waals surface area contributed by atoms with Crippen LogP contribution in [0.15, 0.2) is 16.2 Å². The van der Waals surface area contributed by atoms with E-state index in [0.717, 1.165) is 22.8 Å². The van der Waals surface area contributed by atoms with Gasteiger partial charge in [0.05, 0.1) is 0 Å². The van der Waals surface area contributed by atoms with Gasteiger partial charge >= 0.3 is 0 Å². The fourth-order valence-electron chi connectivity index (χ4n) is 1.33. The van der Waals surface area contributed by atoms with Gasteiger partial charge in [0.25, 0.3) is 5.56 Å². The summed E-state index contributed by atoms with van der Waals surface area (Å²) in [6.07, 6.45) is 0.866. The van der Waals surface area contributed by atoms with E-state index in [2.05, 4.69) is 4.98 Å². The minimum absolute atomic E-state index is 0.0283. The summed E-state index contributed by atoms with van der Waals surface area (Å²) in [5.74, 6) is 0. The summed E-state index contributed by atoms with van der Waals surface area (Å²) < 4.78 is 1.68. The Morgan fingerprint density at radius 3 is 3.08 bits per heavy atom. The Morgan fingerprint density at radius 1 is 1.62 bits per heavy atom. The van der Waals surface area contributed by atoms with Crippen LogP contribution in [0.3, 0.4) is 0 Å². The van der Waals surface area contributed by atoms with Crippen molar-refractivity contribution in [2.24, 2.45) is 0 Å². The summed E-state index contributed by atoms with van der Waals surface area (Å²) >= 11 is 1.52. The van der Waals surface area contributed by atoms with Gasteiger partial charge in [0, 0.05) is 22.8 Å². The normalized spacial score (nSPS) is 10.9. The van der Waals surface area contributed by atoms with E-state index in [1.807, 2.05) is 19.2 Å². The molecule has 0 spiro atoms. The number of rotatable bonds is 1. The van der Waals surface area contributed by atoms with Gasteiger partial charge < -0.3 is 0 Å². The molecule has 2 rings (SSSR count). The Hall–Kier alpha value is -1.16. The second kappa shape index (κ2) is 2.96. The monoisotopic (exact) mass is 194 g/mol. The molecular formula is C9H10N2OS. The lowest BCUT2D eigenvalue weighted by Crippen LogP contribution is -2.14. The van der Waals surface area contributed by atoms with E-state index in [1.165, 1.54) is 11.3 Å². The standard InChI is InChI=1S/C9H10N2OS/c1-3-7-5-13-9-10-6(2)4-8(12)11(7)9/h4-5H,3H2,1-2H3. The Morgan fingerprint density at radius 2 is 2.38 bits per heavy atom. The van der Waals surface area contributed by atoms with Crippen LogP contribution in [0.4, 0.5) is 0 Å². The van der Waals surface area contributed by atoms with Crippen LogP contribution in [0.1, 0.15) is 18.3 Å². The van der Waals surface area contributed by atoms with Crippen LogP contribution in [0.2, 0.25) is 0 Å². The molecule has 0 bridgehead atoms. The Kier molecular flexibility index (Phi) is 1.92. The highest BCUT2D eigenvalue weighted by atomic mass is 32.1. The molecule has 3 nitrogen and oxygen atoms in total. The van der Waals surface area contributed by atoms with Gasteiger partial charge in [-0.2, -0.15) is 0 Å². The van der Waals surface area contributed by atoms with Crippen molar-refractivity contribution in [3.05, 3.63) is 33.2 Å². The molecule has 0 N–H and O–H groups in total. The van der Waals surface area contributed by atoms with E-state index in [9.17, 15) is 4.79 Å². The number of nitrogens with zero attached hydrogens (tertiary/aromatic N) is 2. The second-order valence-corrected chi connectivity index (χ2v) is 3.77. The van der Waals surface area contributed by atoms with Crippen LogP contribution in [0, 0.1) is 6.92 Å². The average Bonchev–Trinajstić information content (AvgIpc) is 2.47. The van der Waals surface area contributed by atoms with Gasteiger partial charge in [-0.05, 0) is 13.3 Å². The van der Waals surface area contributed by atoms with Crippen LogP contribution in [0.25, 0.3) is 4.96 Å². The number of fused-ring (bicyclic) bond motifs is 1. The molecule has 0 aliphatic carbocycles. The van der Waals surface area contributed by atoms with Crippen LogP contribution in [-0.4, -0.2) is 9.38 Å². The molecule has 0 radical (unpaired) electrons. The molecule has 0 atom stereocenters. The molecule has 0 unspecified atom stereocenters. The van der Waals surface area contributed by atoms with Gasteiger partial charge in [0.2, 0.25) is 0 Å². The summed E-state index contributed by atoms with van der Waals surface area (Å²) in [7, 11) is 0. The quantitative estimate of drug-likeness (QED) is 0.691. The number of hydrogen-bond acceptors (Lipinski definition) is 3. The largest absolute Gasteiger partial charge is 0.269 e. The first-order chi connectivity index (χ1) is 6.22. The number of hydrogen-bond donors (Lipinski definition) is 0. The van der Waals surface area contributed by atoms with Crippen molar-refractivity contribution >= 4 is 16.3 Å². The molecule has 2 aromatic rings. The molecular weight excluding hydrogens is 184 g/mol. The molecule has 2 aromatic heterocycles. The molecule has 0 amide bonds.